The molecule has 0 spiro atoms. The van der Waals surface area contributed by atoms with Crippen molar-refractivity contribution in [2.75, 3.05) is 52.5 Å². The first-order valence-electron chi connectivity index (χ1n) is 8.68. The highest BCUT2D eigenvalue weighted by Gasteiger charge is 2.29. The van der Waals surface area contributed by atoms with Crippen molar-refractivity contribution in [1.82, 2.24) is 15.1 Å². The number of ether oxygens (including phenoxy) is 1. The number of likely N-dealkylation sites (tertiary alicyclic amines) is 1. The van der Waals surface area contributed by atoms with Gasteiger partial charge in [-0.1, -0.05) is 13.8 Å². The minimum absolute atomic E-state index is 0.0120. The third-order valence-electron chi connectivity index (χ3n) is 4.90. The number of hydrogen-bond acceptors (Lipinski definition) is 4. The normalized spacial score (nSPS) is 28.5. The van der Waals surface area contributed by atoms with Crippen LogP contribution in [0.4, 0.5) is 0 Å². The average molecular weight is 311 g/mol. The molecule has 2 saturated heterocycles. The van der Waals surface area contributed by atoms with E-state index in [4.69, 9.17) is 4.74 Å². The summed E-state index contributed by atoms with van der Waals surface area (Å²) in [5, 5.41) is 3.13. The maximum Gasteiger partial charge on any atom is 0.234 e. The highest BCUT2D eigenvalue weighted by atomic mass is 16.5. The van der Waals surface area contributed by atoms with E-state index in [1.165, 1.54) is 6.42 Å². The summed E-state index contributed by atoms with van der Waals surface area (Å²) in [5.74, 6) is 1.55. The van der Waals surface area contributed by atoms with Gasteiger partial charge >= 0.3 is 0 Å². The molecule has 0 aromatic carbocycles. The molecular formula is C17H33N3O2. The molecule has 22 heavy (non-hydrogen) atoms. The standard InChI is InChI=1S/C17H33N3O2/c1-14-9-15(2)11-19(10-14)12-16(21)18-13-17(3,4)20-5-7-22-8-6-20/h14-15H,5-13H2,1-4H3,(H,18,21). The van der Waals surface area contributed by atoms with Gasteiger partial charge in [0.25, 0.3) is 0 Å². The molecule has 2 fully saturated rings. The Hall–Kier alpha value is -0.650. The van der Waals surface area contributed by atoms with Gasteiger partial charge in [-0.2, -0.15) is 0 Å². The zero-order chi connectivity index (χ0) is 16.2. The molecule has 5 heteroatoms. The molecule has 128 valence electrons. The Labute approximate surface area is 135 Å². The van der Waals surface area contributed by atoms with Crippen LogP contribution in [0.3, 0.4) is 0 Å². The van der Waals surface area contributed by atoms with E-state index in [1.807, 2.05) is 0 Å². The number of carbonyl (C=O) groups is 1. The molecule has 0 aliphatic carbocycles. The zero-order valence-corrected chi connectivity index (χ0v) is 14.7. The second-order valence-corrected chi connectivity index (χ2v) is 7.83. The Bertz CT molecular complexity index is 357. The quantitative estimate of drug-likeness (QED) is 0.828. The van der Waals surface area contributed by atoms with E-state index in [9.17, 15) is 4.79 Å². The number of nitrogens with one attached hydrogen (secondary N) is 1. The Morgan fingerprint density at radius 2 is 1.77 bits per heavy atom. The fourth-order valence-corrected chi connectivity index (χ4v) is 3.78. The summed E-state index contributed by atoms with van der Waals surface area (Å²) in [6.45, 7) is 15.8. The van der Waals surface area contributed by atoms with Crippen LogP contribution >= 0.6 is 0 Å². The second kappa shape index (κ2) is 7.75. The number of morpholine rings is 1. The number of rotatable bonds is 5. The molecule has 2 unspecified atom stereocenters. The minimum atomic E-state index is -0.0120. The van der Waals surface area contributed by atoms with E-state index < -0.39 is 0 Å². The number of carbonyl (C=O) groups excluding carboxylic acids is 1. The first-order chi connectivity index (χ1) is 10.4. The van der Waals surface area contributed by atoms with Gasteiger partial charge in [-0.25, -0.2) is 0 Å². The van der Waals surface area contributed by atoms with Crippen LogP contribution in [-0.2, 0) is 9.53 Å². The van der Waals surface area contributed by atoms with Gasteiger partial charge in [0, 0.05) is 38.3 Å². The predicted octanol–water partition coefficient (Wildman–Crippen LogP) is 1.19. The first-order valence-corrected chi connectivity index (χ1v) is 8.68. The van der Waals surface area contributed by atoms with E-state index in [1.54, 1.807) is 0 Å². The van der Waals surface area contributed by atoms with Crippen LogP contribution in [0.25, 0.3) is 0 Å². The molecule has 0 aromatic heterocycles. The van der Waals surface area contributed by atoms with Crippen molar-refractivity contribution >= 4 is 5.91 Å². The van der Waals surface area contributed by atoms with Crippen LogP contribution in [0.1, 0.15) is 34.1 Å². The highest BCUT2D eigenvalue weighted by Crippen LogP contribution is 2.20. The molecule has 2 aliphatic heterocycles. The zero-order valence-electron chi connectivity index (χ0n) is 14.7. The van der Waals surface area contributed by atoms with E-state index >= 15 is 0 Å². The molecule has 2 rings (SSSR count). The van der Waals surface area contributed by atoms with Gasteiger partial charge in [-0.05, 0) is 32.1 Å². The van der Waals surface area contributed by atoms with Crippen LogP contribution in [-0.4, -0.2) is 73.7 Å². The summed E-state index contributed by atoms with van der Waals surface area (Å²) in [4.78, 5) is 17.0. The predicted molar refractivity (Wildman–Crippen MR) is 88.9 cm³/mol. The lowest BCUT2D eigenvalue weighted by Gasteiger charge is -2.41. The van der Waals surface area contributed by atoms with Crippen molar-refractivity contribution < 1.29 is 9.53 Å². The number of amides is 1. The SMILES string of the molecule is CC1CC(C)CN(CC(=O)NCC(C)(C)N2CCOCC2)C1. The lowest BCUT2D eigenvalue weighted by atomic mass is 9.92. The van der Waals surface area contributed by atoms with Crippen molar-refractivity contribution in [2.45, 2.75) is 39.7 Å². The van der Waals surface area contributed by atoms with Crippen molar-refractivity contribution in [2.24, 2.45) is 11.8 Å². The Morgan fingerprint density at radius 3 is 2.36 bits per heavy atom. The number of piperidine rings is 1. The molecule has 2 heterocycles. The van der Waals surface area contributed by atoms with Crippen LogP contribution in [0.5, 0.6) is 0 Å². The van der Waals surface area contributed by atoms with Crippen LogP contribution < -0.4 is 5.32 Å². The smallest absolute Gasteiger partial charge is 0.234 e. The topological polar surface area (TPSA) is 44.8 Å². The van der Waals surface area contributed by atoms with Gasteiger partial charge in [0.2, 0.25) is 5.91 Å². The number of nitrogens with zero attached hydrogens (tertiary/aromatic N) is 2. The maximum atomic E-state index is 12.3. The van der Waals surface area contributed by atoms with Crippen molar-refractivity contribution in [3.63, 3.8) is 0 Å². The average Bonchev–Trinajstić information content (AvgIpc) is 2.45. The Balaban J connectivity index is 1.74. The van der Waals surface area contributed by atoms with Gasteiger partial charge in [0.1, 0.15) is 0 Å². The molecule has 0 saturated carbocycles. The maximum absolute atomic E-state index is 12.3. The van der Waals surface area contributed by atoms with E-state index in [0.29, 0.717) is 24.9 Å². The third kappa shape index (κ3) is 5.21. The van der Waals surface area contributed by atoms with Crippen molar-refractivity contribution in [1.29, 1.82) is 0 Å². The van der Waals surface area contributed by atoms with Crippen LogP contribution in [0, 0.1) is 11.8 Å². The molecular weight excluding hydrogens is 278 g/mol. The van der Waals surface area contributed by atoms with E-state index in [2.05, 4.69) is 42.8 Å². The largest absolute Gasteiger partial charge is 0.379 e. The minimum Gasteiger partial charge on any atom is -0.379 e. The van der Waals surface area contributed by atoms with E-state index in [0.717, 1.165) is 39.4 Å². The molecule has 5 nitrogen and oxygen atoms in total. The summed E-state index contributed by atoms with van der Waals surface area (Å²) in [6, 6.07) is 0. The van der Waals surface area contributed by atoms with Gasteiger partial charge < -0.3 is 10.1 Å². The lowest BCUT2D eigenvalue weighted by Crippen LogP contribution is -2.56. The van der Waals surface area contributed by atoms with Gasteiger partial charge in [0.05, 0.1) is 19.8 Å². The lowest BCUT2D eigenvalue weighted by molar-refractivity contribution is -0.123. The monoisotopic (exact) mass is 311 g/mol. The Kier molecular flexibility index (Phi) is 6.24. The summed E-state index contributed by atoms with van der Waals surface area (Å²) < 4.78 is 5.41. The van der Waals surface area contributed by atoms with Crippen molar-refractivity contribution in [3.8, 4) is 0 Å². The van der Waals surface area contributed by atoms with Gasteiger partial charge in [0.15, 0.2) is 0 Å². The van der Waals surface area contributed by atoms with Gasteiger partial charge in [-0.15, -0.1) is 0 Å². The van der Waals surface area contributed by atoms with Crippen LogP contribution in [0.15, 0.2) is 0 Å². The van der Waals surface area contributed by atoms with Crippen molar-refractivity contribution in [3.05, 3.63) is 0 Å². The summed E-state index contributed by atoms with van der Waals surface area (Å²) in [5.41, 5.74) is -0.0120. The third-order valence-corrected chi connectivity index (χ3v) is 4.90. The first kappa shape index (κ1) is 17.7. The Morgan fingerprint density at radius 1 is 1.18 bits per heavy atom. The molecule has 0 aromatic rings. The number of hydrogen-bond donors (Lipinski definition) is 1. The molecule has 0 radical (unpaired) electrons. The summed E-state index contributed by atoms with van der Waals surface area (Å²) in [6.07, 6.45) is 1.28. The highest BCUT2D eigenvalue weighted by molar-refractivity contribution is 5.78. The molecule has 1 amide bonds. The van der Waals surface area contributed by atoms with Gasteiger partial charge in [-0.3, -0.25) is 14.6 Å². The fourth-order valence-electron chi connectivity index (χ4n) is 3.78. The second-order valence-electron chi connectivity index (χ2n) is 7.83. The summed E-state index contributed by atoms with van der Waals surface area (Å²) in [7, 11) is 0. The molecule has 2 aliphatic rings. The van der Waals surface area contributed by atoms with Crippen LogP contribution in [0.2, 0.25) is 0 Å². The molecule has 1 N–H and O–H groups in total. The fraction of sp³-hybridized carbons (Fsp3) is 0.941. The van der Waals surface area contributed by atoms with E-state index in [-0.39, 0.29) is 11.4 Å². The summed E-state index contributed by atoms with van der Waals surface area (Å²) >= 11 is 0. The molecule has 0 bridgehead atoms. The molecule has 2 atom stereocenters.